The first kappa shape index (κ1) is 17.4. The summed E-state index contributed by atoms with van der Waals surface area (Å²) in [5.41, 5.74) is 0. The van der Waals surface area contributed by atoms with Crippen molar-refractivity contribution in [2.45, 2.75) is 72.0 Å². The quantitative estimate of drug-likeness (QED) is 0.627. The van der Waals surface area contributed by atoms with Crippen LogP contribution in [0.25, 0.3) is 0 Å². The van der Waals surface area contributed by atoms with E-state index in [9.17, 15) is 4.79 Å². The van der Waals surface area contributed by atoms with Gasteiger partial charge in [0.25, 0.3) is 0 Å². The summed E-state index contributed by atoms with van der Waals surface area (Å²) in [6, 6.07) is 0.0353. The lowest BCUT2D eigenvalue weighted by molar-refractivity contribution is -0.130. The van der Waals surface area contributed by atoms with Gasteiger partial charge >= 0.3 is 0 Å². The summed E-state index contributed by atoms with van der Waals surface area (Å²) in [6.07, 6.45) is 5.30. The van der Waals surface area contributed by atoms with Crippen LogP contribution in [0.2, 0.25) is 0 Å². The van der Waals surface area contributed by atoms with Crippen molar-refractivity contribution < 1.29 is 9.53 Å². The highest BCUT2D eigenvalue weighted by atomic mass is 16.5. The van der Waals surface area contributed by atoms with E-state index in [2.05, 4.69) is 33.0 Å². The molecule has 2 atom stereocenters. The lowest BCUT2D eigenvalue weighted by Gasteiger charge is -2.23. The Morgan fingerprint density at radius 3 is 2.55 bits per heavy atom. The van der Waals surface area contributed by atoms with E-state index in [1.165, 1.54) is 0 Å². The van der Waals surface area contributed by atoms with Crippen LogP contribution in [0.1, 0.15) is 59.8 Å². The Kier molecular flexibility index (Phi) is 8.15. The molecule has 0 bridgehead atoms. The van der Waals surface area contributed by atoms with E-state index in [0.717, 1.165) is 51.9 Å². The number of hydrogen-bond acceptors (Lipinski definition) is 3. The van der Waals surface area contributed by atoms with Crippen LogP contribution in [0.5, 0.6) is 0 Å². The van der Waals surface area contributed by atoms with E-state index in [4.69, 9.17) is 4.74 Å². The summed E-state index contributed by atoms with van der Waals surface area (Å²) in [5, 5.41) is 3.49. The second-order valence-corrected chi connectivity index (χ2v) is 6.17. The van der Waals surface area contributed by atoms with Crippen LogP contribution >= 0.6 is 0 Å². The molecule has 118 valence electrons. The molecule has 0 aromatic carbocycles. The Hall–Kier alpha value is -0.610. The Balaban J connectivity index is 2.37. The molecular weight excluding hydrogens is 252 g/mol. The van der Waals surface area contributed by atoms with Gasteiger partial charge in [0.05, 0.1) is 12.2 Å². The third-order valence-corrected chi connectivity index (χ3v) is 3.63. The van der Waals surface area contributed by atoms with Gasteiger partial charge in [0.1, 0.15) is 0 Å². The smallest absolute Gasteiger partial charge is 0.241 e. The monoisotopic (exact) mass is 284 g/mol. The van der Waals surface area contributed by atoms with Crippen molar-refractivity contribution in [1.82, 2.24) is 10.2 Å². The first-order valence-electron chi connectivity index (χ1n) is 8.24. The molecule has 0 aliphatic carbocycles. The first-order chi connectivity index (χ1) is 9.60. The summed E-state index contributed by atoms with van der Waals surface area (Å²) in [6.45, 7) is 11.0. The summed E-state index contributed by atoms with van der Waals surface area (Å²) >= 11 is 0. The maximum absolute atomic E-state index is 12.4. The third-order valence-electron chi connectivity index (χ3n) is 3.63. The molecule has 1 amide bonds. The predicted octanol–water partition coefficient (Wildman–Crippen LogP) is 2.78. The van der Waals surface area contributed by atoms with Crippen LogP contribution in [0.3, 0.4) is 0 Å². The second kappa shape index (κ2) is 9.35. The largest absolute Gasteiger partial charge is 0.381 e. The first-order valence-corrected chi connectivity index (χ1v) is 8.24. The summed E-state index contributed by atoms with van der Waals surface area (Å²) in [7, 11) is 0. The molecule has 1 fully saturated rings. The maximum Gasteiger partial charge on any atom is 0.241 e. The van der Waals surface area contributed by atoms with E-state index in [-0.39, 0.29) is 18.1 Å². The fourth-order valence-electron chi connectivity index (χ4n) is 2.68. The van der Waals surface area contributed by atoms with Gasteiger partial charge in [0.2, 0.25) is 5.91 Å². The highest BCUT2D eigenvalue weighted by Gasteiger charge is 2.36. The number of hydrogen-bond donors (Lipinski definition) is 1. The van der Waals surface area contributed by atoms with Gasteiger partial charge in [-0.3, -0.25) is 10.1 Å². The van der Waals surface area contributed by atoms with Gasteiger partial charge in [-0.05, 0) is 25.2 Å². The van der Waals surface area contributed by atoms with E-state index in [0.29, 0.717) is 5.92 Å². The van der Waals surface area contributed by atoms with E-state index in [1.54, 1.807) is 0 Å². The minimum Gasteiger partial charge on any atom is -0.381 e. The van der Waals surface area contributed by atoms with Crippen molar-refractivity contribution in [3.8, 4) is 0 Å². The van der Waals surface area contributed by atoms with Gasteiger partial charge in [-0.2, -0.15) is 0 Å². The normalized spacial score (nSPS) is 23.1. The number of rotatable bonds is 10. The zero-order valence-electron chi connectivity index (χ0n) is 13.7. The Labute approximate surface area is 124 Å². The van der Waals surface area contributed by atoms with Gasteiger partial charge in [0.15, 0.2) is 0 Å². The zero-order valence-corrected chi connectivity index (χ0v) is 13.7. The maximum atomic E-state index is 12.4. The Morgan fingerprint density at radius 1 is 1.25 bits per heavy atom. The summed E-state index contributed by atoms with van der Waals surface area (Å²) in [5.74, 6) is 0.862. The number of nitrogens with zero attached hydrogens (tertiary/aromatic N) is 1. The molecule has 4 heteroatoms. The van der Waals surface area contributed by atoms with Crippen LogP contribution in [-0.2, 0) is 9.53 Å². The van der Waals surface area contributed by atoms with Crippen molar-refractivity contribution in [2.24, 2.45) is 5.92 Å². The molecule has 0 saturated carbocycles. The number of nitrogens with one attached hydrogen (secondary N) is 1. The molecule has 2 unspecified atom stereocenters. The van der Waals surface area contributed by atoms with Crippen LogP contribution < -0.4 is 5.32 Å². The SMILES string of the molecule is CCCC1NC(CCC)N(CCCOCC(C)C)C1=O. The molecule has 4 nitrogen and oxygen atoms in total. The number of ether oxygens (including phenoxy) is 1. The van der Waals surface area contributed by atoms with Gasteiger partial charge in [0, 0.05) is 19.8 Å². The van der Waals surface area contributed by atoms with Crippen molar-refractivity contribution in [1.29, 1.82) is 0 Å². The van der Waals surface area contributed by atoms with Gasteiger partial charge in [-0.15, -0.1) is 0 Å². The van der Waals surface area contributed by atoms with E-state index in [1.807, 2.05) is 4.90 Å². The van der Waals surface area contributed by atoms with Crippen LogP contribution in [0.4, 0.5) is 0 Å². The number of carbonyl (C=O) groups is 1. The number of amides is 1. The fraction of sp³-hybridized carbons (Fsp3) is 0.938. The van der Waals surface area contributed by atoms with Gasteiger partial charge < -0.3 is 9.64 Å². The van der Waals surface area contributed by atoms with Gasteiger partial charge in [-0.25, -0.2) is 0 Å². The highest BCUT2D eigenvalue weighted by Crippen LogP contribution is 2.18. The molecule has 1 aliphatic heterocycles. The van der Waals surface area contributed by atoms with Crippen molar-refractivity contribution >= 4 is 5.91 Å². The van der Waals surface area contributed by atoms with E-state index < -0.39 is 0 Å². The molecule has 0 aromatic rings. The highest BCUT2D eigenvalue weighted by molar-refractivity contribution is 5.84. The minimum absolute atomic E-state index is 0.0353. The summed E-state index contributed by atoms with van der Waals surface area (Å²) < 4.78 is 5.60. The van der Waals surface area contributed by atoms with Crippen LogP contribution in [0.15, 0.2) is 0 Å². The predicted molar refractivity (Wildman–Crippen MR) is 82.5 cm³/mol. The molecule has 0 aromatic heterocycles. The van der Waals surface area contributed by atoms with Crippen LogP contribution in [0, 0.1) is 5.92 Å². The lowest BCUT2D eigenvalue weighted by Crippen LogP contribution is -2.38. The standard InChI is InChI=1S/C16H32N2O2/c1-5-8-14-16(19)18(15(17-14)9-6-2)10-7-11-20-12-13(3)4/h13-15,17H,5-12H2,1-4H3. The fourth-order valence-corrected chi connectivity index (χ4v) is 2.68. The topological polar surface area (TPSA) is 41.6 Å². The minimum atomic E-state index is 0.0353. The average molecular weight is 284 g/mol. The molecule has 1 rings (SSSR count). The second-order valence-electron chi connectivity index (χ2n) is 6.17. The van der Waals surface area contributed by atoms with Crippen molar-refractivity contribution in [3.05, 3.63) is 0 Å². The van der Waals surface area contributed by atoms with Crippen LogP contribution in [-0.4, -0.2) is 42.8 Å². The summed E-state index contributed by atoms with van der Waals surface area (Å²) in [4.78, 5) is 14.4. The van der Waals surface area contributed by atoms with E-state index >= 15 is 0 Å². The van der Waals surface area contributed by atoms with Crippen molar-refractivity contribution in [2.75, 3.05) is 19.8 Å². The third kappa shape index (κ3) is 5.41. The molecular formula is C16H32N2O2. The molecule has 1 N–H and O–H groups in total. The molecule has 1 saturated heterocycles. The average Bonchev–Trinajstić information content (AvgIpc) is 2.67. The van der Waals surface area contributed by atoms with Crippen molar-refractivity contribution in [3.63, 3.8) is 0 Å². The molecule has 0 radical (unpaired) electrons. The number of carbonyl (C=O) groups excluding carboxylic acids is 1. The molecule has 1 aliphatic rings. The molecule has 0 spiro atoms. The Bertz CT molecular complexity index is 282. The molecule has 20 heavy (non-hydrogen) atoms. The Morgan fingerprint density at radius 2 is 1.95 bits per heavy atom. The lowest BCUT2D eigenvalue weighted by atomic mass is 10.2. The molecule has 1 heterocycles. The zero-order chi connectivity index (χ0) is 15.0. The van der Waals surface area contributed by atoms with Gasteiger partial charge in [-0.1, -0.05) is 40.5 Å².